The summed E-state index contributed by atoms with van der Waals surface area (Å²) in [5, 5.41) is 3.23. The Bertz CT molecular complexity index is 364. The van der Waals surface area contributed by atoms with Gasteiger partial charge in [-0.2, -0.15) is 0 Å². The second kappa shape index (κ2) is 4.87. The van der Waals surface area contributed by atoms with Crippen LogP contribution in [0.1, 0.15) is 26.2 Å². The highest BCUT2D eigenvalue weighted by molar-refractivity contribution is 5.77. The average molecular weight is 239 g/mol. The van der Waals surface area contributed by atoms with E-state index in [2.05, 4.69) is 5.32 Å². The summed E-state index contributed by atoms with van der Waals surface area (Å²) in [4.78, 5) is 22.3. The highest BCUT2D eigenvalue weighted by atomic mass is 16.5. The van der Waals surface area contributed by atoms with E-state index < -0.39 is 0 Å². The van der Waals surface area contributed by atoms with Crippen LogP contribution in [0, 0.1) is 0 Å². The Kier molecular flexibility index (Phi) is 3.47. The monoisotopic (exact) mass is 239 g/mol. The largest absolute Gasteiger partial charge is 0.468 e. The molecule has 1 N–H and O–H groups in total. The van der Waals surface area contributed by atoms with Crippen molar-refractivity contribution >= 4 is 11.9 Å². The Labute approximate surface area is 100 Å². The number of methoxy groups -OCH3 is 1. The SMILES string of the molecule is COC(=O)[C@@H]1CC2=C[C@H](OC(C)=O)CC[C@H]2N1. The number of carbonyl (C=O) groups excluding carboxylic acids is 2. The van der Waals surface area contributed by atoms with Crippen LogP contribution in [-0.4, -0.2) is 37.2 Å². The molecule has 1 heterocycles. The molecule has 0 radical (unpaired) electrons. The number of esters is 2. The molecule has 0 aromatic rings. The molecule has 17 heavy (non-hydrogen) atoms. The second-order valence-electron chi connectivity index (χ2n) is 4.47. The molecule has 2 aliphatic rings. The number of rotatable bonds is 2. The molecule has 0 spiro atoms. The quantitative estimate of drug-likeness (QED) is 0.563. The van der Waals surface area contributed by atoms with Crippen molar-refractivity contribution < 1.29 is 19.1 Å². The van der Waals surface area contributed by atoms with Gasteiger partial charge in [0.25, 0.3) is 0 Å². The lowest BCUT2D eigenvalue weighted by Gasteiger charge is -2.23. The minimum absolute atomic E-state index is 0.142. The standard InChI is InChI=1S/C12H17NO4/c1-7(14)17-9-3-4-10-8(5-9)6-11(13-10)12(15)16-2/h5,9-11,13H,3-4,6H2,1-2H3/t9-,10-,11+/m1/s1. The van der Waals surface area contributed by atoms with E-state index in [-0.39, 0.29) is 30.1 Å². The van der Waals surface area contributed by atoms with Crippen molar-refractivity contribution in [3.05, 3.63) is 11.6 Å². The molecular weight excluding hydrogens is 222 g/mol. The third-order valence-electron chi connectivity index (χ3n) is 3.23. The number of carbonyl (C=O) groups is 2. The summed E-state index contributed by atoms with van der Waals surface area (Å²) in [5.41, 5.74) is 1.15. The van der Waals surface area contributed by atoms with Gasteiger partial charge in [-0.15, -0.1) is 0 Å². The van der Waals surface area contributed by atoms with Crippen molar-refractivity contribution in [3.8, 4) is 0 Å². The lowest BCUT2D eigenvalue weighted by Crippen LogP contribution is -2.37. The van der Waals surface area contributed by atoms with E-state index >= 15 is 0 Å². The van der Waals surface area contributed by atoms with E-state index in [1.165, 1.54) is 14.0 Å². The van der Waals surface area contributed by atoms with E-state index in [0.29, 0.717) is 6.42 Å². The summed E-state index contributed by atoms with van der Waals surface area (Å²) in [6.07, 6.45) is 4.16. The first-order valence-electron chi connectivity index (χ1n) is 5.82. The number of fused-ring (bicyclic) bond motifs is 1. The van der Waals surface area contributed by atoms with Crippen LogP contribution in [0.25, 0.3) is 0 Å². The summed E-state index contributed by atoms with van der Waals surface area (Å²) in [5.74, 6) is -0.495. The Balaban J connectivity index is 2.02. The fourth-order valence-corrected chi connectivity index (χ4v) is 2.49. The normalized spacial score (nSPS) is 31.4. The molecule has 1 fully saturated rings. The zero-order valence-electron chi connectivity index (χ0n) is 10.1. The van der Waals surface area contributed by atoms with Crippen LogP contribution in [0.15, 0.2) is 11.6 Å². The minimum atomic E-state index is -0.263. The van der Waals surface area contributed by atoms with Gasteiger partial charge in [-0.3, -0.25) is 14.9 Å². The number of hydrogen-bond acceptors (Lipinski definition) is 5. The summed E-state index contributed by atoms with van der Waals surface area (Å²) in [6.45, 7) is 1.41. The van der Waals surface area contributed by atoms with Crippen molar-refractivity contribution in [1.82, 2.24) is 5.32 Å². The van der Waals surface area contributed by atoms with Gasteiger partial charge >= 0.3 is 11.9 Å². The maximum absolute atomic E-state index is 11.4. The zero-order valence-corrected chi connectivity index (χ0v) is 10.1. The lowest BCUT2D eigenvalue weighted by molar-refractivity contribution is -0.144. The van der Waals surface area contributed by atoms with Gasteiger partial charge in [0, 0.05) is 13.0 Å². The van der Waals surface area contributed by atoms with Crippen molar-refractivity contribution in [2.45, 2.75) is 44.4 Å². The van der Waals surface area contributed by atoms with Crippen LogP contribution in [0.3, 0.4) is 0 Å². The third-order valence-corrected chi connectivity index (χ3v) is 3.23. The van der Waals surface area contributed by atoms with Crippen molar-refractivity contribution in [2.75, 3.05) is 7.11 Å². The van der Waals surface area contributed by atoms with Crippen molar-refractivity contribution in [3.63, 3.8) is 0 Å². The highest BCUT2D eigenvalue weighted by Crippen LogP contribution is 2.30. The molecule has 5 nitrogen and oxygen atoms in total. The van der Waals surface area contributed by atoms with Crippen LogP contribution >= 0.6 is 0 Å². The molecule has 2 rings (SSSR count). The summed E-state index contributed by atoms with van der Waals surface area (Å²) in [7, 11) is 1.39. The van der Waals surface area contributed by atoms with E-state index in [4.69, 9.17) is 9.47 Å². The molecule has 0 aromatic carbocycles. The Morgan fingerprint density at radius 3 is 2.82 bits per heavy atom. The Morgan fingerprint density at radius 2 is 2.18 bits per heavy atom. The topological polar surface area (TPSA) is 64.6 Å². The first-order valence-corrected chi connectivity index (χ1v) is 5.82. The third kappa shape index (κ3) is 2.66. The Morgan fingerprint density at radius 1 is 1.41 bits per heavy atom. The van der Waals surface area contributed by atoms with Gasteiger partial charge in [0.05, 0.1) is 7.11 Å². The molecule has 1 saturated heterocycles. The van der Waals surface area contributed by atoms with E-state index in [9.17, 15) is 9.59 Å². The molecule has 1 aliphatic heterocycles. The van der Waals surface area contributed by atoms with E-state index in [1.54, 1.807) is 0 Å². The molecule has 0 aromatic heterocycles. The van der Waals surface area contributed by atoms with Crippen LogP contribution in [0.5, 0.6) is 0 Å². The predicted molar refractivity (Wildman–Crippen MR) is 60.2 cm³/mol. The highest BCUT2D eigenvalue weighted by Gasteiger charge is 2.36. The summed E-state index contributed by atoms with van der Waals surface area (Å²) < 4.78 is 9.88. The molecule has 1 aliphatic carbocycles. The van der Waals surface area contributed by atoms with Crippen molar-refractivity contribution in [2.24, 2.45) is 0 Å². The first kappa shape index (κ1) is 12.1. The molecule has 0 bridgehead atoms. The number of nitrogens with one attached hydrogen (secondary N) is 1. The van der Waals surface area contributed by atoms with Gasteiger partial charge in [0.2, 0.25) is 0 Å². The lowest BCUT2D eigenvalue weighted by atomic mass is 9.93. The van der Waals surface area contributed by atoms with Crippen molar-refractivity contribution in [1.29, 1.82) is 0 Å². The smallest absolute Gasteiger partial charge is 0.323 e. The predicted octanol–water partition coefficient (Wildman–Crippen LogP) is 0.542. The van der Waals surface area contributed by atoms with Gasteiger partial charge in [0.15, 0.2) is 0 Å². The van der Waals surface area contributed by atoms with Gasteiger partial charge in [-0.25, -0.2) is 0 Å². The summed E-state index contributed by atoms with van der Waals surface area (Å²) in [6, 6.07) is -0.0294. The minimum Gasteiger partial charge on any atom is -0.468 e. The molecule has 5 heteroatoms. The second-order valence-corrected chi connectivity index (χ2v) is 4.47. The molecular formula is C12H17NO4. The van der Waals surface area contributed by atoms with Gasteiger partial charge < -0.3 is 9.47 Å². The number of hydrogen-bond donors (Lipinski definition) is 1. The fourth-order valence-electron chi connectivity index (χ4n) is 2.49. The maximum Gasteiger partial charge on any atom is 0.323 e. The van der Waals surface area contributed by atoms with Crippen LogP contribution in [0.4, 0.5) is 0 Å². The Hall–Kier alpha value is -1.36. The van der Waals surface area contributed by atoms with E-state index in [0.717, 1.165) is 18.4 Å². The molecule has 0 saturated carbocycles. The summed E-state index contributed by atoms with van der Waals surface area (Å²) >= 11 is 0. The molecule has 0 amide bonds. The van der Waals surface area contributed by atoms with Gasteiger partial charge in [-0.1, -0.05) is 5.57 Å². The average Bonchev–Trinajstić information content (AvgIpc) is 2.70. The molecule has 94 valence electrons. The van der Waals surface area contributed by atoms with Crippen LogP contribution < -0.4 is 5.32 Å². The van der Waals surface area contributed by atoms with Gasteiger partial charge in [-0.05, 0) is 25.3 Å². The van der Waals surface area contributed by atoms with Gasteiger partial charge in [0.1, 0.15) is 12.1 Å². The fraction of sp³-hybridized carbons (Fsp3) is 0.667. The number of ether oxygens (including phenoxy) is 2. The van der Waals surface area contributed by atoms with Crippen LogP contribution in [-0.2, 0) is 19.1 Å². The molecule has 3 atom stereocenters. The first-order chi connectivity index (χ1) is 8.10. The van der Waals surface area contributed by atoms with Crippen LogP contribution in [0.2, 0.25) is 0 Å². The zero-order chi connectivity index (χ0) is 12.4. The maximum atomic E-state index is 11.4. The van der Waals surface area contributed by atoms with E-state index in [1.807, 2.05) is 6.08 Å². The molecule has 0 unspecified atom stereocenters.